The van der Waals surface area contributed by atoms with Crippen LogP contribution in [0, 0.1) is 0 Å². The molecule has 1 heteroatoms. The van der Waals surface area contributed by atoms with Gasteiger partial charge in [0.15, 0.2) is 0 Å². The summed E-state index contributed by atoms with van der Waals surface area (Å²) >= 11 is 0. The first-order valence-electron chi connectivity index (χ1n) is 6.18. The van der Waals surface area contributed by atoms with Gasteiger partial charge in [-0.25, -0.2) is 0 Å². The maximum atomic E-state index is 10.0. The van der Waals surface area contributed by atoms with E-state index in [9.17, 15) is 5.11 Å². The molecule has 0 amide bonds. The Kier molecular flexibility index (Phi) is 5.87. The van der Waals surface area contributed by atoms with Gasteiger partial charge in [-0.3, -0.25) is 0 Å². The van der Waals surface area contributed by atoms with Gasteiger partial charge in [0, 0.05) is 0 Å². The van der Waals surface area contributed by atoms with Crippen LogP contribution in [0.2, 0.25) is 0 Å². The van der Waals surface area contributed by atoms with Gasteiger partial charge >= 0.3 is 0 Å². The van der Waals surface area contributed by atoms with Gasteiger partial charge in [-0.05, 0) is 36.8 Å². The second kappa shape index (κ2) is 7.24. The quantitative estimate of drug-likeness (QED) is 0.721. The fraction of sp³-hybridized carbons (Fsp3) is 0.467. The molecule has 1 rings (SSSR count). The lowest BCUT2D eigenvalue weighted by molar-refractivity contribution is 0.197. The fourth-order valence-corrected chi connectivity index (χ4v) is 1.91. The fourth-order valence-electron chi connectivity index (χ4n) is 1.91. The summed E-state index contributed by atoms with van der Waals surface area (Å²) in [5, 5.41) is 10.0. The van der Waals surface area contributed by atoms with E-state index in [4.69, 9.17) is 0 Å². The summed E-state index contributed by atoms with van der Waals surface area (Å²) in [5.41, 5.74) is 2.48. The van der Waals surface area contributed by atoms with Crippen molar-refractivity contribution in [1.29, 1.82) is 0 Å². The highest BCUT2D eigenvalue weighted by molar-refractivity contribution is 5.16. The Balaban J connectivity index is 2.46. The molecule has 1 unspecified atom stereocenters. The Morgan fingerprint density at radius 3 is 2.50 bits per heavy atom. The van der Waals surface area contributed by atoms with E-state index < -0.39 is 0 Å². The number of aliphatic hydroxyl groups excluding tert-OH is 1. The molecule has 0 bridgehead atoms. The van der Waals surface area contributed by atoms with Crippen LogP contribution in [0.1, 0.15) is 38.7 Å². The molecular formula is C15H22O. The van der Waals surface area contributed by atoms with Crippen LogP contribution >= 0.6 is 0 Å². The molecule has 1 atom stereocenters. The number of hydrogen-bond donors (Lipinski definition) is 1. The second-order valence-electron chi connectivity index (χ2n) is 4.08. The van der Waals surface area contributed by atoms with Crippen LogP contribution in [0.4, 0.5) is 0 Å². The molecule has 0 aromatic heterocycles. The zero-order valence-corrected chi connectivity index (χ0v) is 10.3. The average molecular weight is 218 g/mol. The topological polar surface area (TPSA) is 20.2 Å². The van der Waals surface area contributed by atoms with Crippen molar-refractivity contribution in [2.75, 3.05) is 0 Å². The number of aryl methyl sites for hydroxylation is 1. The molecule has 0 fully saturated rings. The van der Waals surface area contributed by atoms with Crippen molar-refractivity contribution in [2.24, 2.45) is 0 Å². The van der Waals surface area contributed by atoms with Crippen LogP contribution in [0.15, 0.2) is 42.0 Å². The van der Waals surface area contributed by atoms with Crippen LogP contribution in [0.5, 0.6) is 0 Å². The first kappa shape index (κ1) is 13.0. The highest BCUT2D eigenvalue weighted by Crippen LogP contribution is 2.14. The third kappa shape index (κ3) is 4.19. The zero-order chi connectivity index (χ0) is 11.8. The number of benzene rings is 1. The van der Waals surface area contributed by atoms with Crippen LogP contribution in [-0.4, -0.2) is 11.2 Å². The third-order valence-corrected chi connectivity index (χ3v) is 2.85. The van der Waals surface area contributed by atoms with Gasteiger partial charge in [-0.1, -0.05) is 50.3 Å². The molecule has 0 saturated heterocycles. The average Bonchev–Trinajstić information content (AvgIpc) is 2.34. The maximum absolute atomic E-state index is 10.0. The minimum atomic E-state index is -0.273. The monoisotopic (exact) mass is 218 g/mol. The lowest BCUT2D eigenvalue weighted by Crippen LogP contribution is -2.11. The van der Waals surface area contributed by atoms with Gasteiger partial charge in [-0.2, -0.15) is 0 Å². The van der Waals surface area contributed by atoms with Gasteiger partial charge in [0.2, 0.25) is 0 Å². The summed E-state index contributed by atoms with van der Waals surface area (Å²) in [6, 6.07) is 10.3. The Bertz CT molecular complexity index is 313. The van der Waals surface area contributed by atoms with E-state index in [0.717, 1.165) is 25.7 Å². The molecule has 1 nitrogen and oxygen atoms in total. The molecule has 16 heavy (non-hydrogen) atoms. The summed E-state index contributed by atoms with van der Waals surface area (Å²) in [6.07, 6.45) is 5.60. The maximum Gasteiger partial charge on any atom is 0.0753 e. The SMILES string of the molecule is CC/C=C(\CC)C(O)CCc1ccccc1. The standard InChI is InChI=1S/C15H22O/c1-3-8-14(4-2)15(16)12-11-13-9-6-5-7-10-13/h5-10,15-16H,3-4,11-12H2,1-2H3/b14-8+. The summed E-state index contributed by atoms with van der Waals surface area (Å²) in [5.74, 6) is 0. The first-order chi connectivity index (χ1) is 7.77. The van der Waals surface area contributed by atoms with E-state index in [2.05, 4.69) is 32.1 Å². The van der Waals surface area contributed by atoms with Gasteiger partial charge in [0.05, 0.1) is 6.10 Å². The summed E-state index contributed by atoms with van der Waals surface area (Å²) in [4.78, 5) is 0. The highest BCUT2D eigenvalue weighted by atomic mass is 16.3. The summed E-state index contributed by atoms with van der Waals surface area (Å²) in [7, 11) is 0. The predicted octanol–water partition coefficient (Wildman–Crippen LogP) is 3.73. The van der Waals surface area contributed by atoms with Crippen molar-refractivity contribution in [2.45, 2.75) is 45.6 Å². The van der Waals surface area contributed by atoms with Crippen molar-refractivity contribution in [3.05, 3.63) is 47.5 Å². The minimum absolute atomic E-state index is 0.273. The van der Waals surface area contributed by atoms with E-state index in [-0.39, 0.29) is 6.10 Å². The first-order valence-corrected chi connectivity index (χ1v) is 6.18. The molecule has 0 aliphatic heterocycles. The Morgan fingerprint density at radius 1 is 1.25 bits per heavy atom. The zero-order valence-electron chi connectivity index (χ0n) is 10.3. The van der Waals surface area contributed by atoms with Crippen molar-refractivity contribution < 1.29 is 5.11 Å². The number of rotatable bonds is 6. The summed E-state index contributed by atoms with van der Waals surface area (Å²) < 4.78 is 0. The van der Waals surface area contributed by atoms with Gasteiger partial charge in [-0.15, -0.1) is 0 Å². The lowest BCUT2D eigenvalue weighted by Gasteiger charge is -2.13. The van der Waals surface area contributed by atoms with E-state index in [0.29, 0.717) is 0 Å². The van der Waals surface area contributed by atoms with E-state index in [1.165, 1.54) is 11.1 Å². The molecule has 1 aromatic carbocycles. The molecule has 0 spiro atoms. The van der Waals surface area contributed by atoms with Crippen LogP contribution < -0.4 is 0 Å². The smallest absolute Gasteiger partial charge is 0.0753 e. The van der Waals surface area contributed by atoms with Crippen LogP contribution in [0.3, 0.4) is 0 Å². The molecule has 88 valence electrons. The van der Waals surface area contributed by atoms with Crippen LogP contribution in [0.25, 0.3) is 0 Å². The largest absolute Gasteiger partial charge is 0.389 e. The van der Waals surface area contributed by atoms with Crippen molar-refractivity contribution in [3.8, 4) is 0 Å². The van der Waals surface area contributed by atoms with Crippen molar-refractivity contribution in [3.63, 3.8) is 0 Å². The Hall–Kier alpha value is -1.08. The molecule has 0 aliphatic rings. The number of hydrogen-bond acceptors (Lipinski definition) is 1. The summed E-state index contributed by atoms with van der Waals surface area (Å²) in [6.45, 7) is 4.22. The molecule has 0 aliphatic carbocycles. The number of allylic oxidation sites excluding steroid dienone is 1. The number of aliphatic hydroxyl groups is 1. The van der Waals surface area contributed by atoms with E-state index >= 15 is 0 Å². The normalized spacial score (nSPS) is 13.8. The van der Waals surface area contributed by atoms with E-state index in [1.54, 1.807) is 0 Å². The van der Waals surface area contributed by atoms with Gasteiger partial charge in [0.1, 0.15) is 0 Å². The predicted molar refractivity (Wildman–Crippen MR) is 69.4 cm³/mol. The van der Waals surface area contributed by atoms with Crippen molar-refractivity contribution >= 4 is 0 Å². The molecule has 1 N–H and O–H groups in total. The van der Waals surface area contributed by atoms with E-state index in [1.807, 2.05) is 18.2 Å². The highest BCUT2D eigenvalue weighted by Gasteiger charge is 2.08. The van der Waals surface area contributed by atoms with Gasteiger partial charge < -0.3 is 5.11 Å². The Labute approximate surface area is 98.8 Å². The molecule has 0 saturated carbocycles. The lowest BCUT2D eigenvalue weighted by atomic mass is 9.99. The Morgan fingerprint density at radius 2 is 1.94 bits per heavy atom. The molecular weight excluding hydrogens is 196 g/mol. The van der Waals surface area contributed by atoms with Gasteiger partial charge in [0.25, 0.3) is 0 Å². The third-order valence-electron chi connectivity index (χ3n) is 2.85. The molecule has 0 heterocycles. The second-order valence-corrected chi connectivity index (χ2v) is 4.08. The minimum Gasteiger partial charge on any atom is -0.389 e. The van der Waals surface area contributed by atoms with Crippen molar-refractivity contribution in [1.82, 2.24) is 0 Å². The van der Waals surface area contributed by atoms with Crippen LogP contribution in [-0.2, 0) is 6.42 Å². The molecule has 1 aromatic rings. The molecule has 0 radical (unpaired) electrons.